The van der Waals surface area contributed by atoms with E-state index in [2.05, 4.69) is 49.5 Å². The Balaban J connectivity index is 1.95. The number of hydrogen-bond donors (Lipinski definition) is 1. The first-order chi connectivity index (χ1) is 10.2. The molecule has 0 fully saturated rings. The molecule has 1 atom stereocenters. The minimum atomic E-state index is 0.473. The van der Waals surface area contributed by atoms with E-state index in [1.807, 2.05) is 30.0 Å². The summed E-state index contributed by atoms with van der Waals surface area (Å²) in [7, 11) is 0. The molecular formula is C18H22ClNS. The SMILES string of the molecule is CCNC(CSc1cccc(Cl)c1)Cc1cccc(C)c1. The molecule has 0 spiro atoms. The maximum Gasteiger partial charge on any atom is 0.0417 e. The summed E-state index contributed by atoms with van der Waals surface area (Å²) >= 11 is 7.90. The minimum Gasteiger partial charge on any atom is -0.313 e. The van der Waals surface area contributed by atoms with Gasteiger partial charge in [0, 0.05) is 21.7 Å². The zero-order chi connectivity index (χ0) is 15.1. The third-order valence-corrected chi connectivity index (χ3v) is 4.70. The monoisotopic (exact) mass is 319 g/mol. The maximum atomic E-state index is 6.04. The van der Waals surface area contributed by atoms with E-state index >= 15 is 0 Å². The first kappa shape index (κ1) is 16.4. The second kappa shape index (κ2) is 8.47. The largest absolute Gasteiger partial charge is 0.313 e. The lowest BCUT2D eigenvalue weighted by molar-refractivity contribution is 0.572. The molecule has 1 nitrogen and oxygen atoms in total. The van der Waals surface area contributed by atoms with Gasteiger partial charge in [0.15, 0.2) is 0 Å². The third kappa shape index (κ3) is 5.74. The van der Waals surface area contributed by atoms with E-state index in [4.69, 9.17) is 11.6 Å². The van der Waals surface area contributed by atoms with E-state index in [0.717, 1.165) is 23.7 Å². The highest BCUT2D eigenvalue weighted by Gasteiger charge is 2.09. The molecule has 2 rings (SSSR count). The van der Waals surface area contributed by atoms with Gasteiger partial charge in [0.25, 0.3) is 0 Å². The molecule has 3 heteroatoms. The van der Waals surface area contributed by atoms with Crippen LogP contribution in [-0.4, -0.2) is 18.3 Å². The summed E-state index contributed by atoms with van der Waals surface area (Å²) in [5.41, 5.74) is 2.72. The fourth-order valence-corrected chi connectivity index (χ4v) is 3.63. The smallest absolute Gasteiger partial charge is 0.0417 e. The van der Waals surface area contributed by atoms with Gasteiger partial charge in [-0.25, -0.2) is 0 Å². The summed E-state index contributed by atoms with van der Waals surface area (Å²) < 4.78 is 0. The fraction of sp³-hybridized carbons (Fsp3) is 0.333. The van der Waals surface area contributed by atoms with Crippen molar-refractivity contribution in [1.82, 2.24) is 5.32 Å². The third-order valence-electron chi connectivity index (χ3n) is 3.30. The van der Waals surface area contributed by atoms with Crippen LogP contribution in [0.4, 0.5) is 0 Å². The number of benzene rings is 2. The fourth-order valence-electron chi connectivity index (χ4n) is 2.36. The molecule has 2 aromatic carbocycles. The van der Waals surface area contributed by atoms with Crippen molar-refractivity contribution in [2.24, 2.45) is 0 Å². The van der Waals surface area contributed by atoms with Crippen LogP contribution in [0.15, 0.2) is 53.4 Å². The van der Waals surface area contributed by atoms with Crippen LogP contribution in [0.5, 0.6) is 0 Å². The molecule has 1 unspecified atom stereocenters. The second-order valence-electron chi connectivity index (χ2n) is 5.22. The minimum absolute atomic E-state index is 0.473. The van der Waals surface area contributed by atoms with Crippen molar-refractivity contribution < 1.29 is 0 Å². The van der Waals surface area contributed by atoms with Crippen LogP contribution in [0.25, 0.3) is 0 Å². The van der Waals surface area contributed by atoms with E-state index in [1.165, 1.54) is 16.0 Å². The van der Waals surface area contributed by atoms with Crippen molar-refractivity contribution in [1.29, 1.82) is 0 Å². The summed E-state index contributed by atoms with van der Waals surface area (Å²) in [6, 6.07) is 17.3. The Morgan fingerprint density at radius 3 is 2.67 bits per heavy atom. The van der Waals surface area contributed by atoms with Crippen LogP contribution < -0.4 is 5.32 Å². The molecule has 112 valence electrons. The average Bonchev–Trinajstić information content (AvgIpc) is 2.45. The van der Waals surface area contributed by atoms with Crippen LogP contribution in [0.1, 0.15) is 18.1 Å². The van der Waals surface area contributed by atoms with E-state index < -0.39 is 0 Å². The number of rotatable bonds is 7. The van der Waals surface area contributed by atoms with Crippen molar-refractivity contribution in [3.05, 3.63) is 64.7 Å². The Morgan fingerprint density at radius 2 is 1.95 bits per heavy atom. The molecule has 1 N–H and O–H groups in total. The average molecular weight is 320 g/mol. The van der Waals surface area contributed by atoms with Gasteiger partial charge < -0.3 is 5.32 Å². The molecule has 0 amide bonds. The number of likely N-dealkylation sites (N-methyl/N-ethyl adjacent to an activating group) is 1. The van der Waals surface area contributed by atoms with Crippen molar-refractivity contribution in [2.45, 2.75) is 31.2 Å². The predicted molar refractivity (Wildman–Crippen MR) is 94.5 cm³/mol. The Hall–Kier alpha value is -0.960. The van der Waals surface area contributed by atoms with Crippen molar-refractivity contribution in [3.63, 3.8) is 0 Å². The Bertz CT molecular complexity index is 571. The van der Waals surface area contributed by atoms with Crippen LogP contribution in [0.3, 0.4) is 0 Å². The Morgan fingerprint density at radius 1 is 1.14 bits per heavy atom. The van der Waals surface area contributed by atoms with Gasteiger partial charge in [0.1, 0.15) is 0 Å². The molecule has 21 heavy (non-hydrogen) atoms. The molecule has 0 saturated heterocycles. The van der Waals surface area contributed by atoms with E-state index in [1.54, 1.807) is 0 Å². The molecule has 0 aliphatic carbocycles. The van der Waals surface area contributed by atoms with Crippen LogP contribution in [0, 0.1) is 6.92 Å². The van der Waals surface area contributed by atoms with Crippen LogP contribution >= 0.6 is 23.4 Å². The van der Waals surface area contributed by atoms with Gasteiger partial charge in [-0.3, -0.25) is 0 Å². The lowest BCUT2D eigenvalue weighted by Crippen LogP contribution is -2.33. The first-order valence-corrected chi connectivity index (χ1v) is 8.71. The molecule has 0 bridgehead atoms. The van der Waals surface area contributed by atoms with E-state index in [9.17, 15) is 0 Å². The summed E-state index contributed by atoms with van der Waals surface area (Å²) in [5.74, 6) is 1.04. The standard InChI is InChI=1S/C18H22ClNS/c1-3-20-17(11-15-7-4-6-14(2)10-15)13-21-18-9-5-8-16(19)12-18/h4-10,12,17,20H,3,11,13H2,1-2H3. The summed E-state index contributed by atoms with van der Waals surface area (Å²) in [6.07, 6.45) is 1.06. The lowest BCUT2D eigenvalue weighted by atomic mass is 10.0. The van der Waals surface area contributed by atoms with Crippen molar-refractivity contribution in [2.75, 3.05) is 12.3 Å². The van der Waals surface area contributed by atoms with E-state index in [-0.39, 0.29) is 0 Å². The predicted octanol–water partition coefficient (Wildman–Crippen LogP) is 4.96. The summed E-state index contributed by atoms with van der Waals surface area (Å²) in [6.45, 7) is 5.30. The van der Waals surface area contributed by atoms with E-state index in [0.29, 0.717) is 6.04 Å². The summed E-state index contributed by atoms with van der Waals surface area (Å²) in [4.78, 5) is 1.23. The Labute approximate surface area is 137 Å². The van der Waals surface area contributed by atoms with Gasteiger partial charge >= 0.3 is 0 Å². The highest BCUT2D eigenvalue weighted by molar-refractivity contribution is 7.99. The number of aryl methyl sites for hydroxylation is 1. The topological polar surface area (TPSA) is 12.0 Å². The quantitative estimate of drug-likeness (QED) is 0.724. The molecule has 0 heterocycles. The number of thioether (sulfide) groups is 1. The molecule has 0 aromatic heterocycles. The van der Waals surface area contributed by atoms with Gasteiger partial charge in [-0.1, -0.05) is 54.4 Å². The second-order valence-corrected chi connectivity index (χ2v) is 6.75. The number of hydrogen-bond acceptors (Lipinski definition) is 2. The normalized spacial score (nSPS) is 12.3. The van der Waals surface area contributed by atoms with Gasteiger partial charge in [-0.15, -0.1) is 11.8 Å². The van der Waals surface area contributed by atoms with Crippen molar-refractivity contribution >= 4 is 23.4 Å². The molecule has 0 aliphatic heterocycles. The van der Waals surface area contributed by atoms with Crippen molar-refractivity contribution in [3.8, 4) is 0 Å². The van der Waals surface area contributed by atoms with Gasteiger partial charge in [0.2, 0.25) is 0 Å². The molecule has 0 aliphatic rings. The molecular weight excluding hydrogens is 298 g/mol. The lowest BCUT2D eigenvalue weighted by Gasteiger charge is -2.18. The highest BCUT2D eigenvalue weighted by Crippen LogP contribution is 2.23. The van der Waals surface area contributed by atoms with Crippen LogP contribution in [0.2, 0.25) is 5.02 Å². The van der Waals surface area contributed by atoms with Crippen LogP contribution in [-0.2, 0) is 6.42 Å². The number of halogens is 1. The van der Waals surface area contributed by atoms with Gasteiger partial charge in [-0.2, -0.15) is 0 Å². The van der Waals surface area contributed by atoms with Gasteiger partial charge in [0.05, 0.1) is 0 Å². The molecule has 0 radical (unpaired) electrons. The molecule has 0 saturated carbocycles. The first-order valence-electron chi connectivity index (χ1n) is 7.34. The van der Waals surface area contributed by atoms with Gasteiger partial charge in [-0.05, 0) is 43.7 Å². The molecule has 2 aromatic rings. The number of nitrogens with one attached hydrogen (secondary N) is 1. The highest BCUT2D eigenvalue weighted by atomic mass is 35.5. The zero-order valence-electron chi connectivity index (χ0n) is 12.6. The maximum absolute atomic E-state index is 6.04. The zero-order valence-corrected chi connectivity index (χ0v) is 14.2. The summed E-state index contributed by atoms with van der Waals surface area (Å²) in [5, 5.41) is 4.39. The Kier molecular flexibility index (Phi) is 6.62.